The summed E-state index contributed by atoms with van der Waals surface area (Å²) < 4.78 is 5.45. The lowest BCUT2D eigenvalue weighted by Gasteiger charge is -2.42. The number of carbonyl (C=O) groups excluding carboxylic acids is 2. The summed E-state index contributed by atoms with van der Waals surface area (Å²) in [5, 5.41) is 0. The smallest absolute Gasteiger partial charge is 0.222 e. The number of benzene rings is 1. The minimum absolute atomic E-state index is 0.0855. The number of hydrogen-bond acceptors (Lipinski definition) is 4. The molecule has 0 saturated carbocycles. The average molecular weight is 346 g/mol. The Morgan fingerprint density at radius 1 is 1.12 bits per heavy atom. The fraction of sp³-hybridized carbons (Fsp3) is 0.600. The van der Waals surface area contributed by atoms with Gasteiger partial charge in [0.15, 0.2) is 5.78 Å². The van der Waals surface area contributed by atoms with E-state index >= 15 is 0 Å². The fourth-order valence-electron chi connectivity index (χ4n) is 3.46. The lowest BCUT2D eigenvalue weighted by Crippen LogP contribution is -2.56. The molecule has 5 nitrogen and oxygen atoms in total. The molecule has 0 radical (unpaired) electrons. The van der Waals surface area contributed by atoms with E-state index < -0.39 is 5.54 Å². The zero-order chi connectivity index (χ0) is 18.3. The van der Waals surface area contributed by atoms with E-state index in [9.17, 15) is 9.59 Å². The third-order valence-corrected chi connectivity index (χ3v) is 5.18. The minimum Gasteiger partial charge on any atom is -0.379 e. The van der Waals surface area contributed by atoms with Crippen LogP contribution in [0.15, 0.2) is 30.3 Å². The van der Waals surface area contributed by atoms with Crippen LogP contribution in [-0.2, 0) is 9.53 Å². The Hall–Kier alpha value is -1.72. The molecule has 138 valence electrons. The second kappa shape index (κ2) is 9.11. The van der Waals surface area contributed by atoms with Gasteiger partial charge in [0.1, 0.15) is 0 Å². The first-order chi connectivity index (χ1) is 12.0. The zero-order valence-corrected chi connectivity index (χ0v) is 15.7. The van der Waals surface area contributed by atoms with E-state index in [0.29, 0.717) is 57.8 Å². The van der Waals surface area contributed by atoms with E-state index in [1.165, 1.54) is 0 Å². The van der Waals surface area contributed by atoms with Crippen LogP contribution < -0.4 is 0 Å². The highest BCUT2D eigenvalue weighted by molar-refractivity contribution is 6.03. The monoisotopic (exact) mass is 346 g/mol. The van der Waals surface area contributed by atoms with Crippen LogP contribution in [0.2, 0.25) is 0 Å². The van der Waals surface area contributed by atoms with Crippen LogP contribution >= 0.6 is 0 Å². The lowest BCUT2D eigenvalue weighted by atomic mass is 9.84. The first-order valence-corrected chi connectivity index (χ1v) is 9.23. The molecular formula is C20H30N2O3. The van der Waals surface area contributed by atoms with Gasteiger partial charge < -0.3 is 9.64 Å². The van der Waals surface area contributed by atoms with Crippen LogP contribution in [0, 0.1) is 0 Å². The molecule has 0 N–H and O–H groups in total. The Bertz CT molecular complexity index is 566. The molecule has 1 saturated heterocycles. The molecule has 1 unspecified atom stereocenters. The SMILES string of the molecule is CCN(CC)C(=O)CCC(C)(C(=O)c1ccccc1)N1CCOCC1. The van der Waals surface area contributed by atoms with Gasteiger partial charge in [-0.15, -0.1) is 0 Å². The Kier molecular flexibility index (Phi) is 7.14. The Labute approximate surface area is 150 Å². The van der Waals surface area contributed by atoms with E-state index in [0.717, 1.165) is 0 Å². The summed E-state index contributed by atoms with van der Waals surface area (Å²) in [6.07, 6.45) is 0.907. The molecule has 1 aromatic carbocycles. The average Bonchev–Trinajstić information content (AvgIpc) is 2.68. The van der Waals surface area contributed by atoms with Gasteiger partial charge in [0.2, 0.25) is 5.91 Å². The molecule has 1 amide bonds. The van der Waals surface area contributed by atoms with Crippen molar-refractivity contribution in [3.8, 4) is 0 Å². The van der Waals surface area contributed by atoms with Crippen LogP contribution in [0.1, 0.15) is 44.0 Å². The van der Waals surface area contributed by atoms with Crippen molar-refractivity contribution in [2.75, 3.05) is 39.4 Å². The van der Waals surface area contributed by atoms with Gasteiger partial charge in [-0.05, 0) is 27.2 Å². The van der Waals surface area contributed by atoms with Gasteiger partial charge in [-0.3, -0.25) is 14.5 Å². The van der Waals surface area contributed by atoms with E-state index in [1.807, 2.05) is 56.0 Å². The molecule has 0 bridgehead atoms. The van der Waals surface area contributed by atoms with Crippen LogP contribution in [0.3, 0.4) is 0 Å². The highest BCUT2D eigenvalue weighted by atomic mass is 16.5. The second-order valence-electron chi connectivity index (χ2n) is 6.63. The van der Waals surface area contributed by atoms with Crippen molar-refractivity contribution >= 4 is 11.7 Å². The summed E-state index contributed by atoms with van der Waals surface area (Å²) in [5.41, 5.74) is 0.0142. The number of carbonyl (C=O) groups is 2. The summed E-state index contributed by atoms with van der Waals surface area (Å²) in [5.74, 6) is 0.202. The molecule has 1 atom stereocenters. The van der Waals surface area contributed by atoms with Crippen molar-refractivity contribution in [3.05, 3.63) is 35.9 Å². The number of Topliss-reactive ketones (excluding diaryl/α,β-unsaturated/α-hetero) is 1. The number of hydrogen-bond donors (Lipinski definition) is 0. The molecule has 0 spiro atoms. The van der Waals surface area contributed by atoms with E-state index in [2.05, 4.69) is 4.90 Å². The maximum Gasteiger partial charge on any atom is 0.222 e. The van der Waals surface area contributed by atoms with Gasteiger partial charge >= 0.3 is 0 Å². The number of nitrogens with zero attached hydrogens (tertiary/aromatic N) is 2. The van der Waals surface area contributed by atoms with Crippen LogP contribution in [0.5, 0.6) is 0 Å². The van der Waals surface area contributed by atoms with Crippen molar-refractivity contribution in [2.24, 2.45) is 0 Å². The summed E-state index contributed by atoms with van der Waals surface area (Å²) >= 11 is 0. The molecule has 1 aromatic rings. The van der Waals surface area contributed by atoms with Crippen LogP contribution in [-0.4, -0.2) is 66.4 Å². The number of amides is 1. The summed E-state index contributed by atoms with van der Waals surface area (Å²) in [6.45, 7) is 10.0. The van der Waals surface area contributed by atoms with Crippen molar-refractivity contribution in [1.82, 2.24) is 9.80 Å². The highest BCUT2D eigenvalue weighted by Gasteiger charge is 2.40. The third kappa shape index (κ3) is 4.67. The third-order valence-electron chi connectivity index (χ3n) is 5.18. The van der Waals surface area contributed by atoms with Crippen molar-refractivity contribution in [2.45, 2.75) is 39.2 Å². The maximum absolute atomic E-state index is 13.3. The molecule has 5 heteroatoms. The first kappa shape index (κ1) is 19.6. The van der Waals surface area contributed by atoms with Gasteiger partial charge in [-0.25, -0.2) is 0 Å². The predicted molar refractivity (Wildman–Crippen MR) is 98.7 cm³/mol. The predicted octanol–water partition coefficient (Wildman–Crippen LogP) is 2.61. The number of ketones is 1. The summed E-state index contributed by atoms with van der Waals surface area (Å²) in [6, 6.07) is 9.38. The number of morpholine rings is 1. The topological polar surface area (TPSA) is 49.9 Å². The fourth-order valence-corrected chi connectivity index (χ4v) is 3.46. The largest absolute Gasteiger partial charge is 0.379 e. The molecule has 2 rings (SSSR count). The quantitative estimate of drug-likeness (QED) is 0.679. The summed E-state index contributed by atoms with van der Waals surface area (Å²) in [7, 11) is 0. The van der Waals surface area contributed by atoms with Gasteiger partial charge in [0, 0.05) is 38.2 Å². The van der Waals surface area contributed by atoms with E-state index in [4.69, 9.17) is 4.74 Å². The minimum atomic E-state index is -0.687. The molecule has 1 aliphatic rings. The Morgan fingerprint density at radius 3 is 2.28 bits per heavy atom. The Morgan fingerprint density at radius 2 is 1.72 bits per heavy atom. The highest BCUT2D eigenvalue weighted by Crippen LogP contribution is 2.27. The molecule has 0 aromatic heterocycles. The first-order valence-electron chi connectivity index (χ1n) is 9.23. The second-order valence-corrected chi connectivity index (χ2v) is 6.63. The molecule has 1 aliphatic heterocycles. The van der Waals surface area contributed by atoms with Crippen LogP contribution in [0.4, 0.5) is 0 Å². The molecule has 1 fully saturated rings. The molecule has 1 heterocycles. The van der Waals surface area contributed by atoms with Crippen LogP contribution in [0.25, 0.3) is 0 Å². The standard InChI is InChI=1S/C20H30N2O3/c1-4-21(5-2)18(23)11-12-20(3,22-13-15-25-16-14-22)19(24)17-9-7-6-8-10-17/h6-10H,4-5,11-16H2,1-3H3. The van der Waals surface area contributed by atoms with Crippen molar-refractivity contribution in [3.63, 3.8) is 0 Å². The number of rotatable bonds is 8. The van der Waals surface area contributed by atoms with E-state index in [1.54, 1.807) is 0 Å². The van der Waals surface area contributed by atoms with Gasteiger partial charge in [-0.2, -0.15) is 0 Å². The van der Waals surface area contributed by atoms with Crippen molar-refractivity contribution < 1.29 is 14.3 Å². The number of ether oxygens (including phenoxy) is 1. The lowest BCUT2D eigenvalue weighted by molar-refractivity contribution is -0.131. The summed E-state index contributed by atoms with van der Waals surface area (Å²) in [4.78, 5) is 29.8. The zero-order valence-electron chi connectivity index (χ0n) is 15.7. The van der Waals surface area contributed by atoms with Gasteiger partial charge in [0.25, 0.3) is 0 Å². The van der Waals surface area contributed by atoms with Crippen molar-refractivity contribution in [1.29, 1.82) is 0 Å². The molecule has 0 aliphatic carbocycles. The maximum atomic E-state index is 13.3. The molecular weight excluding hydrogens is 316 g/mol. The van der Waals surface area contributed by atoms with Gasteiger partial charge in [0.05, 0.1) is 18.8 Å². The van der Waals surface area contributed by atoms with Gasteiger partial charge in [-0.1, -0.05) is 30.3 Å². The Balaban J connectivity index is 2.20. The molecule has 25 heavy (non-hydrogen) atoms. The van der Waals surface area contributed by atoms with E-state index in [-0.39, 0.29) is 11.7 Å². The normalized spacial score (nSPS) is 17.7.